The lowest BCUT2D eigenvalue weighted by Gasteiger charge is -2.34. The number of hydrogen-bond donors (Lipinski definition) is 0. The summed E-state index contributed by atoms with van der Waals surface area (Å²) in [6, 6.07) is 4.78. The first-order valence-electron chi connectivity index (χ1n) is 11.0. The van der Waals surface area contributed by atoms with E-state index in [1.54, 1.807) is 12.1 Å². The fourth-order valence-corrected chi connectivity index (χ4v) is 4.03. The fraction of sp³-hybridized carbons (Fsp3) is 0.571. The van der Waals surface area contributed by atoms with Crippen molar-refractivity contribution in [3.8, 4) is 5.75 Å². The summed E-state index contributed by atoms with van der Waals surface area (Å²) in [6.07, 6.45) is -5.62. The molecule has 0 aliphatic carbocycles. The third-order valence-electron chi connectivity index (χ3n) is 5.85. The number of piperazine rings is 1. The van der Waals surface area contributed by atoms with Gasteiger partial charge in [0.2, 0.25) is 0 Å². The van der Waals surface area contributed by atoms with E-state index in [0.717, 1.165) is 0 Å². The molecule has 186 valence electrons. The average molecular weight is 486 g/mol. The first-order chi connectivity index (χ1) is 16.2. The number of imide groups is 1. The van der Waals surface area contributed by atoms with Gasteiger partial charge in [0.05, 0.1) is 13.2 Å². The van der Waals surface area contributed by atoms with Crippen LogP contribution in [0.15, 0.2) is 18.2 Å². The maximum atomic E-state index is 13.1. The Morgan fingerprint density at radius 3 is 2.24 bits per heavy atom. The Morgan fingerprint density at radius 2 is 1.62 bits per heavy atom. The predicted octanol–water partition coefficient (Wildman–Crippen LogP) is 1.74. The van der Waals surface area contributed by atoms with Crippen LogP contribution in [0.25, 0.3) is 0 Å². The number of alkyl halides is 3. The molecule has 0 saturated carbocycles. The molecule has 3 heterocycles. The summed E-state index contributed by atoms with van der Waals surface area (Å²) in [5.74, 6) is -1.38. The number of hydroxylamine groups is 2. The molecule has 10 nitrogen and oxygen atoms in total. The third kappa shape index (κ3) is 5.89. The second-order valence-corrected chi connectivity index (χ2v) is 8.14. The van der Waals surface area contributed by atoms with E-state index in [1.165, 1.54) is 11.0 Å². The molecule has 0 aromatic heterocycles. The van der Waals surface area contributed by atoms with Gasteiger partial charge in [-0.2, -0.15) is 0 Å². The Morgan fingerprint density at radius 1 is 0.971 bits per heavy atom. The molecule has 3 aliphatic heterocycles. The predicted molar refractivity (Wildman–Crippen MR) is 111 cm³/mol. The van der Waals surface area contributed by atoms with Gasteiger partial charge in [-0.05, 0) is 6.07 Å². The quantitative estimate of drug-likeness (QED) is 0.582. The molecule has 3 aliphatic rings. The lowest BCUT2D eigenvalue weighted by molar-refractivity contribution is -0.275. The van der Waals surface area contributed by atoms with Crippen molar-refractivity contribution in [2.75, 3.05) is 57.4 Å². The lowest BCUT2D eigenvalue weighted by atomic mass is 10.1. The van der Waals surface area contributed by atoms with Crippen LogP contribution in [0.1, 0.15) is 18.4 Å². The number of rotatable bonds is 5. The number of hydrogen-bond acceptors (Lipinski definition) is 8. The summed E-state index contributed by atoms with van der Waals surface area (Å²) in [7, 11) is 0. The van der Waals surface area contributed by atoms with Gasteiger partial charge in [-0.3, -0.25) is 14.5 Å². The molecule has 4 rings (SSSR count). The Kier molecular flexibility index (Phi) is 7.12. The van der Waals surface area contributed by atoms with E-state index < -0.39 is 24.3 Å². The van der Waals surface area contributed by atoms with Gasteiger partial charge < -0.3 is 24.1 Å². The van der Waals surface area contributed by atoms with Gasteiger partial charge in [-0.25, -0.2) is 4.79 Å². The fourth-order valence-electron chi connectivity index (χ4n) is 4.03. The number of nitrogens with zero attached hydrogens (tertiary/aromatic N) is 4. The molecule has 0 spiro atoms. The van der Waals surface area contributed by atoms with Crippen LogP contribution >= 0.6 is 0 Å². The van der Waals surface area contributed by atoms with Crippen molar-refractivity contribution in [3.05, 3.63) is 23.8 Å². The maximum Gasteiger partial charge on any atom is 0.573 e. The van der Waals surface area contributed by atoms with Gasteiger partial charge in [0.25, 0.3) is 11.8 Å². The zero-order chi connectivity index (χ0) is 24.3. The minimum Gasteiger partial charge on any atom is -0.405 e. The number of carbonyl (C=O) groups excluding carboxylic acids is 3. The number of benzene rings is 1. The standard InChI is InChI=1S/C21H25F3N4O6/c22-21(23,24)33-17-13-16(26-9-11-32-12-10-26)2-1-15(17)14-25-5-7-27(8-6-25)20(31)34-28-18(29)3-4-19(28)30/h1-2,13H,3-12,14H2. The molecule has 0 N–H and O–H groups in total. The zero-order valence-corrected chi connectivity index (χ0v) is 18.4. The highest BCUT2D eigenvalue weighted by Crippen LogP contribution is 2.32. The van der Waals surface area contributed by atoms with Gasteiger partial charge in [-0.15, -0.1) is 18.2 Å². The molecule has 3 saturated heterocycles. The van der Waals surface area contributed by atoms with E-state index in [9.17, 15) is 27.6 Å². The highest BCUT2D eigenvalue weighted by Gasteiger charge is 2.35. The smallest absolute Gasteiger partial charge is 0.405 e. The molecule has 34 heavy (non-hydrogen) atoms. The van der Waals surface area contributed by atoms with Gasteiger partial charge in [0, 0.05) is 76.0 Å². The van der Waals surface area contributed by atoms with Crippen LogP contribution in [0.4, 0.5) is 23.7 Å². The van der Waals surface area contributed by atoms with Crippen LogP contribution in [-0.2, 0) is 25.7 Å². The lowest BCUT2D eigenvalue weighted by Crippen LogP contribution is -2.50. The van der Waals surface area contributed by atoms with Gasteiger partial charge in [-0.1, -0.05) is 6.07 Å². The maximum absolute atomic E-state index is 13.1. The number of amides is 3. The Hall–Kier alpha value is -3.06. The molecule has 3 fully saturated rings. The van der Waals surface area contributed by atoms with Crippen LogP contribution in [0, 0.1) is 0 Å². The van der Waals surface area contributed by atoms with E-state index >= 15 is 0 Å². The van der Waals surface area contributed by atoms with Crippen molar-refractivity contribution in [1.82, 2.24) is 14.9 Å². The molecule has 0 atom stereocenters. The van der Waals surface area contributed by atoms with Crippen molar-refractivity contribution in [1.29, 1.82) is 0 Å². The van der Waals surface area contributed by atoms with Crippen LogP contribution in [0.5, 0.6) is 5.75 Å². The highest BCUT2D eigenvalue weighted by molar-refractivity contribution is 6.01. The highest BCUT2D eigenvalue weighted by atomic mass is 19.4. The van der Waals surface area contributed by atoms with E-state index in [0.29, 0.717) is 55.7 Å². The normalized spacial score (nSPS) is 20.1. The molecule has 0 bridgehead atoms. The largest absolute Gasteiger partial charge is 0.573 e. The first kappa shape index (κ1) is 24.1. The molecule has 0 unspecified atom stereocenters. The summed E-state index contributed by atoms with van der Waals surface area (Å²) >= 11 is 0. The second kappa shape index (κ2) is 10.1. The van der Waals surface area contributed by atoms with E-state index in [4.69, 9.17) is 9.57 Å². The minimum absolute atomic E-state index is 0.00650. The van der Waals surface area contributed by atoms with Gasteiger partial charge in [0.1, 0.15) is 5.75 Å². The number of ether oxygens (including phenoxy) is 2. The summed E-state index contributed by atoms with van der Waals surface area (Å²) in [4.78, 5) is 45.6. The van der Waals surface area contributed by atoms with Crippen molar-refractivity contribution in [2.24, 2.45) is 0 Å². The van der Waals surface area contributed by atoms with Crippen molar-refractivity contribution >= 4 is 23.6 Å². The second-order valence-electron chi connectivity index (χ2n) is 8.14. The van der Waals surface area contributed by atoms with Crippen molar-refractivity contribution in [3.63, 3.8) is 0 Å². The summed E-state index contributed by atoms with van der Waals surface area (Å²) < 4.78 is 48.8. The molecular weight excluding hydrogens is 461 g/mol. The zero-order valence-electron chi connectivity index (χ0n) is 18.4. The summed E-state index contributed by atoms with van der Waals surface area (Å²) in [5, 5.41) is 0.492. The van der Waals surface area contributed by atoms with E-state index in [-0.39, 0.29) is 38.2 Å². The SMILES string of the molecule is O=C(ON1C(=O)CCC1=O)N1CCN(Cc2ccc(N3CCOCC3)cc2OC(F)(F)F)CC1. The minimum atomic E-state index is -4.83. The number of morpholine rings is 1. The Bertz CT molecular complexity index is 914. The van der Waals surface area contributed by atoms with Crippen molar-refractivity contribution < 1.29 is 41.9 Å². The van der Waals surface area contributed by atoms with E-state index in [2.05, 4.69) is 4.74 Å². The van der Waals surface area contributed by atoms with Crippen LogP contribution < -0.4 is 9.64 Å². The van der Waals surface area contributed by atoms with Gasteiger partial charge >= 0.3 is 12.5 Å². The molecule has 1 aromatic rings. The molecule has 1 aromatic carbocycles. The summed E-state index contributed by atoms with van der Waals surface area (Å²) in [5.41, 5.74) is 1.00. The van der Waals surface area contributed by atoms with Crippen LogP contribution in [-0.4, -0.2) is 91.6 Å². The Labute approximate surface area is 193 Å². The monoisotopic (exact) mass is 486 g/mol. The molecular formula is C21H25F3N4O6. The van der Waals surface area contributed by atoms with Gasteiger partial charge in [0.15, 0.2) is 0 Å². The summed E-state index contributed by atoms with van der Waals surface area (Å²) in [6.45, 7) is 3.57. The molecule has 0 radical (unpaired) electrons. The average Bonchev–Trinajstić information content (AvgIpc) is 3.12. The first-order valence-corrected chi connectivity index (χ1v) is 11.0. The molecule has 3 amide bonds. The number of halogens is 3. The third-order valence-corrected chi connectivity index (χ3v) is 5.85. The molecule has 13 heteroatoms. The van der Waals surface area contributed by atoms with E-state index in [1.807, 2.05) is 9.80 Å². The number of carbonyl (C=O) groups is 3. The number of anilines is 1. The van der Waals surface area contributed by atoms with Crippen molar-refractivity contribution in [2.45, 2.75) is 25.7 Å². The Balaban J connectivity index is 1.37. The van der Waals surface area contributed by atoms with Crippen LogP contribution in [0.2, 0.25) is 0 Å². The topological polar surface area (TPSA) is 91.9 Å². The van der Waals surface area contributed by atoms with Crippen LogP contribution in [0.3, 0.4) is 0 Å².